The highest BCUT2D eigenvalue weighted by Gasteiger charge is 2.29. The van der Waals surface area contributed by atoms with Crippen molar-refractivity contribution in [2.75, 3.05) is 25.5 Å². The lowest BCUT2D eigenvalue weighted by Crippen LogP contribution is -2.35. The molecule has 0 spiro atoms. The number of carbonyl (C=O) groups excluding carboxylic acids is 1. The predicted molar refractivity (Wildman–Crippen MR) is 146 cm³/mol. The maximum Gasteiger partial charge on any atom is 0.276 e. The van der Waals surface area contributed by atoms with Crippen molar-refractivity contribution in [3.63, 3.8) is 0 Å². The molecule has 2 aromatic heterocycles. The molecule has 1 fully saturated rings. The quantitative estimate of drug-likeness (QED) is 0.383. The molecule has 3 heterocycles. The first kappa shape index (κ1) is 25.9. The van der Waals surface area contributed by atoms with Crippen molar-refractivity contribution < 1.29 is 17.9 Å². The van der Waals surface area contributed by atoms with Gasteiger partial charge in [0.1, 0.15) is 5.75 Å². The molecule has 10 heteroatoms. The third kappa shape index (κ3) is 4.77. The van der Waals surface area contributed by atoms with E-state index >= 15 is 0 Å². The van der Waals surface area contributed by atoms with Gasteiger partial charge in [0.25, 0.3) is 5.91 Å². The summed E-state index contributed by atoms with van der Waals surface area (Å²) in [5.41, 5.74) is 4.46. The molecular weight excluding hydrogens is 502 g/mol. The van der Waals surface area contributed by atoms with Crippen molar-refractivity contribution in [3.8, 4) is 16.9 Å². The second kappa shape index (κ2) is 10.2. The second-order valence-corrected chi connectivity index (χ2v) is 11.5. The van der Waals surface area contributed by atoms with Crippen LogP contribution >= 0.6 is 0 Å². The minimum Gasteiger partial charge on any atom is -0.497 e. The highest BCUT2D eigenvalue weighted by atomic mass is 32.2. The number of methoxy groups -OCH3 is 1. The molecule has 1 aliphatic heterocycles. The van der Waals surface area contributed by atoms with Gasteiger partial charge in [-0.15, -0.1) is 0 Å². The molecule has 1 N–H and O–H groups in total. The Kier molecular flexibility index (Phi) is 6.93. The molecule has 5 rings (SSSR count). The normalized spacial score (nSPS) is 14.5. The number of nitrogens with one attached hydrogen (secondary N) is 1. The van der Waals surface area contributed by atoms with Gasteiger partial charge in [0.15, 0.2) is 11.3 Å². The van der Waals surface area contributed by atoms with Gasteiger partial charge in [-0.1, -0.05) is 24.6 Å². The molecule has 0 bridgehead atoms. The van der Waals surface area contributed by atoms with E-state index in [4.69, 9.17) is 9.72 Å². The molecule has 1 saturated heterocycles. The standard InChI is InChI=1S/C28H31N5O4S/c1-18-11-12-21(16-24(18)38(35,36)32-13-6-5-7-14-32)25-26(31-33-20(3)15-19(2)29-27(25)33)28(34)30-22-9-8-10-23(17-22)37-4/h8-12,15-17H,5-7,13-14H2,1-4H3,(H,30,34). The fourth-order valence-corrected chi connectivity index (χ4v) is 6.68. The van der Waals surface area contributed by atoms with Crippen LogP contribution in [-0.4, -0.2) is 53.4 Å². The number of aromatic nitrogens is 3. The topological polar surface area (TPSA) is 106 Å². The molecular formula is C28H31N5O4S. The van der Waals surface area contributed by atoms with Crippen molar-refractivity contribution in [3.05, 3.63) is 71.2 Å². The van der Waals surface area contributed by atoms with Crippen LogP contribution in [-0.2, 0) is 10.0 Å². The number of piperidine rings is 1. The highest BCUT2D eigenvalue weighted by Crippen LogP contribution is 2.33. The van der Waals surface area contributed by atoms with Gasteiger partial charge in [-0.2, -0.15) is 9.40 Å². The third-order valence-corrected chi connectivity index (χ3v) is 8.89. The largest absolute Gasteiger partial charge is 0.497 e. The molecule has 2 aromatic carbocycles. The van der Waals surface area contributed by atoms with E-state index in [1.807, 2.05) is 26.0 Å². The van der Waals surface area contributed by atoms with Gasteiger partial charge in [-0.3, -0.25) is 4.79 Å². The number of hydrogen-bond acceptors (Lipinski definition) is 6. The molecule has 1 aliphatic rings. The smallest absolute Gasteiger partial charge is 0.276 e. The van der Waals surface area contributed by atoms with Crippen LogP contribution in [0, 0.1) is 20.8 Å². The van der Waals surface area contributed by atoms with Crippen LogP contribution in [0.4, 0.5) is 5.69 Å². The monoisotopic (exact) mass is 533 g/mol. The number of aryl methyl sites for hydroxylation is 3. The first-order valence-corrected chi connectivity index (χ1v) is 14.1. The lowest BCUT2D eigenvalue weighted by Gasteiger charge is -2.26. The summed E-state index contributed by atoms with van der Waals surface area (Å²) in [5, 5.41) is 7.52. The van der Waals surface area contributed by atoms with Gasteiger partial charge in [-0.25, -0.2) is 17.9 Å². The first-order chi connectivity index (χ1) is 18.2. The van der Waals surface area contributed by atoms with Gasteiger partial charge < -0.3 is 10.1 Å². The van der Waals surface area contributed by atoms with Gasteiger partial charge in [0.2, 0.25) is 10.0 Å². The Hall–Kier alpha value is -3.76. The van der Waals surface area contributed by atoms with Crippen molar-refractivity contribution in [1.29, 1.82) is 0 Å². The summed E-state index contributed by atoms with van der Waals surface area (Å²) in [5.74, 6) is 0.175. The van der Waals surface area contributed by atoms with Crippen LogP contribution < -0.4 is 10.1 Å². The first-order valence-electron chi connectivity index (χ1n) is 12.6. The van der Waals surface area contributed by atoms with Crippen molar-refractivity contribution >= 4 is 27.3 Å². The maximum atomic E-state index is 13.6. The van der Waals surface area contributed by atoms with E-state index in [1.165, 1.54) is 0 Å². The Morgan fingerprint density at radius 2 is 1.76 bits per heavy atom. The zero-order valence-electron chi connectivity index (χ0n) is 22.0. The maximum absolute atomic E-state index is 13.6. The van der Waals surface area contributed by atoms with Crippen molar-refractivity contribution in [1.82, 2.24) is 18.9 Å². The predicted octanol–water partition coefficient (Wildman–Crippen LogP) is 4.76. The number of anilines is 1. The van der Waals surface area contributed by atoms with Crippen molar-refractivity contribution in [2.24, 2.45) is 0 Å². The van der Waals surface area contributed by atoms with E-state index in [2.05, 4.69) is 10.4 Å². The van der Waals surface area contributed by atoms with E-state index in [9.17, 15) is 13.2 Å². The SMILES string of the molecule is COc1cccc(NC(=O)c2nn3c(C)cc(C)nc3c2-c2ccc(C)c(S(=O)(=O)N3CCCCC3)c2)c1. The summed E-state index contributed by atoms with van der Waals surface area (Å²) in [7, 11) is -2.13. The highest BCUT2D eigenvalue weighted by molar-refractivity contribution is 7.89. The van der Waals surface area contributed by atoms with Crippen molar-refractivity contribution in [2.45, 2.75) is 44.9 Å². The number of nitrogens with zero attached hydrogens (tertiary/aromatic N) is 4. The minimum atomic E-state index is -3.69. The summed E-state index contributed by atoms with van der Waals surface area (Å²) in [6, 6.07) is 14.2. The molecule has 9 nitrogen and oxygen atoms in total. The summed E-state index contributed by atoms with van der Waals surface area (Å²) in [6.07, 6.45) is 2.73. The molecule has 0 aliphatic carbocycles. The Balaban J connectivity index is 1.66. The lowest BCUT2D eigenvalue weighted by molar-refractivity contribution is 0.102. The number of benzene rings is 2. The van der Waals surface area contributed by atoms with Gasteiger partial charge in [0.05, 0.1) is 17.6 Å². The molecule has 4 aromatic rings. The zero-order chi connectivity index (χ0) is 27.0. The Morgan fingerprint density at radius 3 is 2.50 bits per heavy atom. The Bertz CT molecular complexity index is 1640. The Morgan fingerprint density at radius 1 is 1.00 bits per heavy atom. The number of ether oxygens (including phenoxy) is 1. The summed E-state index contributed by atoms with van der Waals surface area (Å²) in [4.78, 5) is 18.5. The van der Waals surface area contributed by atoms with Crippen LogP contribution in [0.2, 0.25) is 0 Å². The fourth-order valence-electron chi connectivity index (χ4n) is 4.91. The second-order valence-electron chi connectivity index (χ2n) is 9.63. The molecule has 198 valence electrons. The molecule has 0 unspecified atom stereocenters. The van der Waals surface area contributed by atoms with Gasteiger partial charge in [0, 0.05) is 36.2 Å². The number of hydrogen-bond donors (Lipinski definition) is 1. The third-order valence-electron chi connectivity index (χ3n) is 6.85. The average molecular weight is 534 g/mol. The van der Waals surface area contributed by atoms with E-state index < -0.39 is 15.9 Å². The average Bonchev–Trinajstić information content (AvgIpc) is 3.29. The fraction of sp³-hybridized carbons (Fsp3) is 0.321. The summed E-state index contributed by atoms with van der Waals surface area (Å²) >= 11 is 0. The van der Waals surface area contributed by atoms with E-state index in [0.717, 1.165) is 30.7 Å². The molecule has 0 radical (unpaired) electrons. The van der Waals surface area contributed by atoms with Gasteiger partial charge in [-0.05, 0) is 69.0 Å². The van der Waals surface area contributed by atoms with Crippen LogP contribution in [0.3, 0.4) is 0 Å². The molecule has 38 heavy (non-hydrogen) atoms. The minimum absolute atomic E-state index is 0.152. The Labute approximate surface area is 222 Å². The number of rotatable bonds is 6. The van der Waals surface area contributed by atoms with Crippen LogP contribution in [0.25, 0.3) is 16.8 Å². The van der Waals surface area contributed by atoms with E-state index in [-0.39, 0.29) is 10.6 Å². The number of sulfonamides is 1. The zero-order valence-corrected chi connectivity index (χ0v) is 22.8. The number of fused-ring (bicyclic) bond motifs is 1. The molecule has 0 saturated carbocycles. The van der Waals surface area contributed by atoms with Crippen LogP contribution in [0.5, 0.6) is 5.75 Å². The van der Waals surface area contributed by atoms with Gasteiger partial charge >= 0.3 is 0 Å². The summed E-state index contributed by atoms with van der Waals surface area (Å²) in [6.45, 7) is 6.58. The lowest BCUT2D eigenvalue weighted by atomic mass is 10.0. The number of amides is 1. The van der Waals surface area contributed by atoms with E-state index in [1.54, 1.807) is 59.3 Å². The van der Waals surface area contributed by atoms with Crippen LogP contribution in [0.1, 0.15) is 46.7 Å². The van der Waals surface area contributed by atoms with Crippen LogP contribution in [0.15, 0.2) is 53.4 Å². The van der Waals surface area contributed by atoms with E-state index in [0.29, 0.717) is 46.9 Å². The number of carbonyl (C=O) groups is 1. The summed E-state index contributed by atoms with van der Waals surface area (Å²) < 4.78 is 35.7. The molecule has 1 amide bonds. The molecule has 0 atom stereocenters.